The molecule has 0 aliphatic rings. The highest BCUT2D eigenvalue weighted by Crippen LogP contribution is 2.42. The van der Waals surface area contributed by atoms with E-state index in [9.17, 15) is 0 Å². The fourth-order valence-corrected chi connectivity index (χ4v) is 7.52. The van der Waals surface area contributed by atoms with E-state index in [-0.39, 0.29) is 0 Å². The maximum Gasteiger partial charge on any atom is 0.143 e. The molecule has 0 aliphatic heterocycles. The molecule has 3 heteroatoms. The van der Waals surface area contributed by atoms with Crippen LogP contribution in [0.15, 0.2) is 191 Å². The summed E-state index contributed by atoms with van der Waals surface area (Å²) in [6.07, 6.45) is 0. The summed E-state index contributed by atoms with van der Waals surface area (Å²) < 4.78 is 12.6. The van der Waals surface area contributed by atoms with Gasteiger partial charge in [-0.1, -0.05) is 140 Å². The molecule has 0 fully saturated rings. The van der Waals surface area contributed by atoms with Crippen LogP contribution in [0.4, 0.5) is 11.4 Å². The molecule has 8 aromatic carbocycles. The zero-order valence-electron chi connectivity index (χ0n) is 27.6. The van der Waals surface area contributed by atoms with Crippen molar-refractivity contribution in [2.45, 2.75) is 0 Å². The Labute approximate surface area is 295 Å². The Kier molecular flexibility index (Phi) is 6.81. The van der Waals surface area contributed by atoms with E-state index in [1.165, 1.54) is 11.1 Å². The molecule has 0 saturated carbocycles. The molecule has 51 heavy (non-hydrogen) atoms. The summed E-state index contributed by atoms with van der Waals surface area (Å²) in [6, 6.07) is 63.9. The summed E-state index contributed by atoms with van der Waals surface area (Å²) in [7, 11) is 0. The number of hydrogen-bond acceptors (Lipinski definition) is 3. The van der Waals surface area contributed by atoms with E-state index in [0.29, 0.717) is 0 Å². The molecule has 0 bridgehead atoms. The van der Waals surface area contributed by atoms with Crippen molar-refractivity contribution in [1.29, 1.82) is 0 Å². The van der Waals surface area contributed by atoms with Crippen LogP contribution in [0.3, 0.4) is 0 Å². The van der Waals surface area contributed by atoms with E-state index >= 15 is 0 Å². The number of rotatable bonds is 6. The van der Waals surface area contributed by atoms with Crippen LogP contribution in [-0.2, 0) is 0 Å². The molecular weight excluding hydrogens is 623 g/mol. The predicted molar refractivity (Wildman–Crippen MR) is 212 cm³/mol. The van der Waals surface area contributed by atoms with Crippen LogP contribution in [0.25, 0.3) is 88.4 Å². The van der Waals surface area contributed by atoms with Crippen molar-refractivity contribution in [3.8, 4) is 44.5 Å². The number of benzene rings is 8. The van der Waals surface area contributed by atoms with Gasteiger partial charge in [-0.2, -0.15) is 0 Å². The van der Waals surface area contributed by atoms with Crippen molar-refractivity contribution in [3.05, 3.63) is 182 Å². The van der Waals surface area contributed by atoms with E-state index in [2.05, 4.69) is 151 Å². The summed E-state index contributed by atoms with van der Waals surface area (Å²) in [5.74, 6) is 0. The van der Waals surface area contributed by atoms with Gasteiger partial charge < -0.3 is 14.2 Å². The second-order valence-electron chi connectivity index (χ2n) is 12.9. The Hall–Kier alpha value is -6.84. The van der Waals surface area contributed by atoms with Gasteiger partial charge in [0.15, 0.2) is 0 Å². The molecule has 0 spiro atoms. The molecule has 2 heterocycles. The third-order valence-electron chi connectivity index (χ3n) is 9.90. The lowest BCUT2D eigenvalue weighted by atomic mass is 9.89. The average molecular weight is 654 g/mol. The molecule has 240 valence electrons. The Morgan fingerprint density at radius 1 is 0.314 bits per heavy atom. The number of hydrogen-bond donors (Lipinski definition) is 1. The number of para-hydroxylation sites is 4. The second kappa shape index (κ2) is 11.9. The molecule has 10 rings (SSSR count). The van der Waals surface area contributed by atoms with Gasteiger partial charge in [-0.25, -0.2) is 0 Å². The van der Waals surface area contributed by atoms with Crippen molar-refractivity contribution in [2.24, 2.45) is 0 Å². The first-order chi connectivity index (χ1) is 25.3. The van der Waals surface area contributed by atoms with E-state index in [1.54, 1.807) is 0 Å². The lowest BCUT2D eigenvalue weighted by Crippen LogP contribution is -1.95. The number of fused-ring (bicyclic) bond motifs is 6. The molecule has 10 aromatic rings. The molecule has 0 aliphatic carbocycles. The van der Waals surface area contributed by atoms with E-state index < -0.39 is 0 Å². The molecule has 3 nitrogen and oxygen atoms in total. The van der Waals surface area contributed by atoms with Crippen LogP contribution in [0, 0.1) is 0 Å². The van der Waals surface area contributed by atoms with Crippen molar-refractivity contribution in [3.63, 3.8) is 0 Å². The monoisotopic (exact) mass is 653 g/mol. The zero-order valence-corrected chi connectivity index (χ0v) is 27.6. The molecule has 0 amide bonds. The predicted octanol–water partition coefficient (Wildman–Crippen LogP) is 13.9. The van der Waals surface area contributed by atoms with Gasteiger partial charge in [-0.05, 0) is 75.8 Å². The van der Waals surface area contributed by atoms with Crippen LogP contribution in [0.5, 0.6) is 0 Å². The van der Waals surface area contributed by atoms with Crippen molar-refractivity contribution in [2.75, 3.05) is 5.32 Å². The standard InChI is InChI=1S/C48H31NO2/c1-2-13-31(14-3-1)35-28-27-34(36-17-4-7-22-42(36)49-43-23-12-26-46-47(43)40-19-6-9-25-45(40)50-46)30-41(35)33-16-10-15-32(29-33)37-20-11-21-39-38-18-5-8-24-44(38)51-48(37)39/h1-30,49H. The number of nitrogens with one attached hydrogen (secondary N) is 1. The minimum absolute atomic E-state index is 0.867. The van der Waals surface area contributed by atoms with Crippen LogP contribution < -0.4 is 5.32 Å². The molecule has 0 radical (unpaired) electrons. The number of furan rings is 2. The smallest absolute Gasteiger partial charge is 0.143 e. The average Bonchev–Trinajstić information content (AvgIpc) is 3.78. The normalized spacial score (nSPS) is 11.5. The van der Waals surface area contributed by atoms with Gasteiger partial charge in [0.2, 0.25) is 0 Å². The fourth-order valence-electron chi connectivity index (χ4n) is 7.52. The van der Waals surface area contributed by atoms with Crippen molar-refractivity contribution < 1.29 is 8.83 Å². The molecule has 1 N–H and O–H groups in total. The van der Waals surface area contributed by atoms with E-state index in [0.717, 1.165) is 88.6 Å². The minimum Gasteiger partial charge on any atom is -0.456 e. The van der Waals surface area contributed by atoms with E-state index in [1.807, 2.05) is 36.4 Å². The largest absolute Gasteiger partial charge is 0.456 e. The van der Waals surface area contributed by atoms with Crippen molar-refractivity contribution >= 4 is 55.3 Å². The van der Waals surface area contributed by atoms with Gasteiger partial charge >= 0.3 is 0 Å². The molecule has 0 atom stereocenters. The second-order valence-corrected chi connectivity index (χ2v) is 12.9. The van der Waals surface area contributed by atoms with Crippen LogP contribution in [0.1, 0.15) is 0 Å². The Bertz CT molecular complexity index is 2900. The maximum atomic E-state index is 6.45. The van der Waals surface area contributed by atoms with Gasteiger partial charge in [0.05, 0.1) is 11.1 Å². The van der Waals surface area contributed by atoms with Gasteiger partial charge in [0.1, 0.15) is 22.3 Å². The van der Waals surface area contributed by atoms with E-state index in [4.69, 9.17) is 8.83 Å². The Balaban J connectivity index is 1.12. The quantitative estimate of drug-likeness (QED) is 0.194. The number of anilines is 2. The third-order valence-corrected chi connectivity index (χ3v) is 9.90. The van der Waals surface area contributed by atoms with Gasteiger partial charge in [0.25, 0.3) is 0 Å². The van der Waals surface area contributed by atoms with Gasteiger partial charge in [-0.15, -0.1) is 0 Å². The summed E-state index contributed by atoms with van der Waals surface area (Å²) in [5, 5.41) is 8.23. The summed E-state index contributed by atoms with van der Waals surface area (Å²) >= 11 is 0. The highest BCUT2D eigenvalue weighted by Gasteiger charge is 2.17. The first-order valence-corrected chi connectivity index (χ1v) is 17.3. The van der Waals surface area contributed by atoms with Crippen LogP contribution in [-0.4, -0.2) is 0 Å². The molecule has 0 unspecified atom stereocenters. The minimum atomic E-state index is 0.867. The fraction of sp³-hybridized carbons (Fsp3) is 0. The first kappa shape index (κ1) is 29.1. The zero-order chi connectivity index (χ0) is 33.7. The molecule has 0 saturated heterocycles. The van der Waals surface area contributed by atoms with Gasteiger partial charge in [0, 0.05) is 33.0 Å². The summed E-state index contributed by atoms with van der Waals surface area (Å²) in [6.45, 7) is 0. The summed E-state index contributed by atoms with van der Waals surface area (Å²) in [5.41, 5.74) is 14.7. The molecular formula is C48H31NO2. The Morgan fingerprint density at radius 2 is 0.902 bits per heavy atom. The van der Waals surface area contributed by atoms with Gasteiger partial charge in [-0.3, -0.25) is 0 Å². The summed E-state index contributed by atoms with van der Waals surface area (Å²) in [4.78, 5) is 0. The highest BCUT2D eigenvalue weighted by atomic mass is 16.3. The lowest BCUT2D eigenvalue weighted by molar-refractivity contribution is 0.669. The topological polar surface area (TPSA) is 38.3 Å². The SMILES string of the molecule is c1ccc(-c2ccc(-c3ccccc3Nc3cccc4oc5ccccc5c34)cc2-c2cccc(-c3cccc4c3oc3ccccc34)c2)cc1. The van der Waals surface area contributed by atoms with Crippen LogP contribution in [0.2, 0.25) is 0 Å². The maximum absolute atomic E-state index is 6.45. The highest BCUT2D eigenvalue weighted by molar-refractivity contribution is 6.12. The van der Waals surface area contributed by atoms with Crippen LogP contribution >= 0.6 is 0 Å². The Morgan fingerprint density at radius 3 is 1.78 bits per heavy atom. The van der Waals surface area contributed by atoms with Crippen molar-refractivity contribution in [1.82, 2.24) is 0 Å². The first-order valence-electron chi connectivity index (χ1n) is 17.3. The third kappa shape index (κ3) is 4.98. The molecule has 2 aromatic heterocycles. The lowest BCUT2D eigenvalue weighted by Gasteiger charge is -2.17.